The lowest BCUT2D eigenvalue weighted by Gasteiger charge is -2.13. The van der Waals surface area contributed by atoms with Crippen LogP contribution in [0.4, 0.5) is 5.69 Å². The number of carbonyl (C=O) groups excluding carboxylic acids is 2. The van der Waals surface area contributed by atoms with Crippen LogP contribution in [0.25, 0.3) is 5.69 Å². The highest BCUT2D eigenvalue weighted by Crippen LogP contribution is 2.21. The molecule has 0 saturated heterocycles. The molecule has 0 aliphatic carbocycles. The summed E-state index contributed by atoms with van der Waals surface area (Å²) in [4.78, 5) is 25.0. The Morgan fingerprint density at radius 3 is 2.67 bits per heavy atom. The van der Waals surface area contributed by atoms with Crippen LogP contribution in [0.5, 0.6) is 0 Å². The Bertz CT molecular complexity index is 988. The summed E-state index contributed by atoms with van der Waals surface area (Å²) in [6.07, 6.45) is 1.43. The van der Waals surface area contributed by atoms with E-state index in [4.69, 9.17) is 0 Å². The van der Waals surface area contributed by atoms with Crippen molar-refractivity contribution >= 4 is 40.1 Å². The number of hydrogen-bond acceptors (Lipinski definition) is 5. The largest absolute Gasteiger partial charge is 0.352 e. The SMILES string of the molecule is CCNC(=O)c1ccc(C)c(NC(=O)c2cc(I)ccc2-n2cnnn2)c1. The monoisotopic (exact) mass is 476 g/mol. The van der Waals surface area contributed by atoms with Gasteiger partial charge in [0.15, 0.2) is 0 Å². The molecule has 8 nitrogen and oxygen atoms in total. The standard InChI is InChI=1S/C18H17IN6O2/c1-3-20-17(26)12-5-4-11(2)15(8-12)22-18(27)14-9-13(19)6-7-16(14)25-10-21-23-24-25/h4-10H,3H2,1-2H3,(H,20,26)(H,22,27). The van der Waals surface area contributed by atoms with Gasteiger partial charge in [-0.05, 0) is 82.8 Å². The van der Waals surface area contributed by atoms with Crippen LogP contribution in [0.1, 0.15) is 33.2 Å². The van der Waals surface area contributed by atoms with Crippen molar-refractivity contribution < 1.29 is 9.59 Å². The molecule has 0 saturated carbocycles. The highest BCUT2D eigenvalue weighted by Gasteiger charge is 2.16. The predicted molar refractivity (Wildman–Crippen MR) is 109 cm³/mol. The summed E-state index contributed by atoms with van der Waals surface area (Å²) in [5, 5.41) is 16.7. The number of nitrogens with one attached hydrogen (secondary N) is 2. The number of nitrogens with zero attached hydrogens (tertiary/aromatic N) is 4. The van der Waals surface area contributed by atoms with Crippen molar-refractivity contribution in [3.05, 3.63) is 63.0 Å². The third-order valence-electron chi connectivity index (χ3n) is 3.88. The maximum atomic E-state index is 12.9. The molecule has 2 N–H and O–H groups in total. The summed E-state index contributed by atoms with van der Waals surface area (Å²) in [6, 6.07) is 10.6. The fraction of sp³-hybridized carbons (Fsp3) is 0.167. The van der Waals surface area contributed by atoms with Gasteiger partial charge in [-0.1, -0.05) is 6.07 Å². The number of tetrazole rings is 1. The third-order valence-corrected chi connectivity index (χ3v) is 4.56. The highest BCUT2D eigenvalue weighted by atomic mass is 127. The molecule has 2 aromatic carbocycles. The van der Waals surface area contributed by atoms with E-state index >= 15 is 0 Å². The van der Waals surface area contributed by atoms with Crippen molar-refractivity contribution in [1.29, 1.82) is 0 Å². The molecule has 0 aliphatic rings. The number of rotatable bonds is 5. The topological polar surface area (TPSA) is 102 Å². The number of halogens is 1. The molecule has 1 heterocycles. The molecule has 3 aromatic rings. The summed E-state index contributed by atoms with van der Waals surface area (Å²) < 4.78 is 2.34. The lowest BCUT2D eigenvalue weighted by Crippen LogP contribution is -2.23. The normalized spacial score (nSPS) is 10.5. The maximum Gasteiger partial charge on any atom is 0.257 e. The van der Waals surface area contributed by atoms with Crippen molar-refractivity contribution in [2.24, 2.45) is 0 Å². The van der Waals surface area contributed by atoms with Crippen LogP contribution in [0.2, 0.25) is 0 Å². The third kappa shape index (κ3) is 4.30. The first kappa shape index (κ1) is 19.0. The molecule has 0 spiro atoms. The van der Waals surface area contributed by atoms with Gasteiger partial charge in [-0.2, -0.15) is 4.68 Å². The van der Waals surface area contributed by atoms with Crippen molar-refractivity contribution in [2.45, 2.75) is 13.8 Å². The zero-order valence-corrected chi connectivity index (χ0v) is 16.9. The molecule has 0 radical (unpaired) electrons. The molecule has 0 aliphatic heterocycles. The van der Waals surface area contributed by atoms with E-state index in [-0.39, 0.29) is 11.8 Å². The summed E-state index contributed by atoms with van der Waals surface area (Å²) in [6.45, 7) is 4.26. The molecule has 2 amide bonds. The van der Waals surface area contributed by atoms with Gasteiger partial charge < -0.3 is 10.6 Å². The molecule has 9 heteroatoms. The Labute approximate surface area is 169 Å². The molecule has 138 valence electrons. The van der Waals surface area contributed by atoms with Gasteiger partial charge in [0.05, 0.1) is 11.3 Å². The molecule has 0 atom stereocenters. The number of carbonyl (C=O) groups is 2. The second kappa shape index (κ2) is 8.25. The summed E-state index contributed by atoms with van der Waals surface area (Å²) in [5.41, 5.74) is 2.91. The first-order chi connectivity index (χ1) is 13.0. The zero-order valence-electron chi connectivity index (χ0n) is 14.7. The van der Waals surface area contributed by atoms with Crippen LogP contribution in [0, 0.1) is 10.5 Å². The van der Waals surface area contributed by atoms with Crippen molar-refractivity contribution in [3.63, 3.8) is 0 Å². The van der Waals surface area contributed by atoms with Crippen LogP contribution in [-0.2, 0) is 0 Å². The number of amides is 2. The molecule has 0 unspecified atom stereocenters. The van der Waals surface area contributed by atoms with E-state index in [1.165, 1.54) is 11.0 Å². The van der Waals surface area contributed by atoms with Crippen molar-refractivity contribution in [3.8, 4) is 5.69 Å². The van der Waals surface area contributed by atoms with Crippen molar-refractivity contribution in [1.82, 2.24) is 25.5 Å². The Hall–Kier alpha value is -2.82. The average molecular weight is 476 g/mol. The van der Waals surface area contributed by atoms with Crippen LogP contribution in [0.15, 0.2) is 42.7 Å². The van der Waals surface area contributed by atoms with E-state index in [0.29, 0.717) is 29.0 Å². The number of aryl methyl sites for hydroxylation is 1. The summed E-state index contributed by atoms with van der Waals surface area (Å²) in [7, 11) is 0. The van der Waals surface area contributed by atoms with E-state index in [9.17, 15) is 9.59 Å². The molecule has 0 bridgehead atoms. The zero-order chi connectivity index (χ0) is 19.4. The number of aromatic nitrogens is 4. The molecule has 0 fully saturated rings. The minimum Gasteiger partial charge on any atom is -0.352 e. The van der Waals surface area contributed by atoms with Gasteiger partial charge >= 0.3 is 0 Å². The van der Waals surface area contributed by atoms with Crippen LogP contribution < -0.4 is 10.6 Å². The first-order valence-electron chi connectivity index (χ1n) is 8.22. The van der Waals surface area contributed by atoms with E-state index in [0.717, 1.165) is 9.13 Å². The van der Waals surface area contributed by atoms with Crippen molar-refractivity contribution in [2.75, 3.05) is 11.9 Å². The molecular weight excluding hydrogens is 459 g/mol. The number of hydrogen-bond donors (Lipinski definition) is 2. The fourth-order valence-electron chi connectivity index (χ4n) is 2.51. The summed E-state index contributed by atoms with van der Waals surface area (Å²) in [5.74, 6) is -0.494. The Kier molecular flexibility index (Phi) is 5.79. The van der Waals surface area contributed by atoms with E-state index in [2.05, 4.69) is 48.7 Å². The minimum atomic E-state index is -0.310. The van der Waals surface area contributed by atoms with E-state index in [1.54, 1.807) is 30.3 Å². The molecule has 27 heavy (non-hydrogen) atoms. The Balaban J connectivity index is 1.94. The maximum absolute atomic E-state index is 12.9. The first-order valence-corrected chi connectivity index (χ1v) is 9.30. The van der Waals surface area contributed by atoms with Crippen LogP contribution >= 0.6 is 22.6 Å². The van der Waals surface area contributed by atoms with Gasteiger partial charge in [-0.15, -0.1) is 5.10 Å². The van der Waals surface area contributed by atoms with Gasteiger partial charge in [0, 0.05) is 21.4 Å². The van der Waals surface area contributed by atoms with Crippen LogP contribution in [-0.4, -0.2) is 38.6 Å². The van der Waals surface area contributed by atoms with Gasteiger partial charge in [0.2, 0.25) is 0 Å². The number of benzene rings is 2. The second-order valence-electron chi connectivity index (χ2n) is 5.76. The Morgan fingerprint density at radius 2 is 1.96 bits per heavy atom. The van der Waals surface area contributed by atoms with Gasteiger partial charge in [-0.25, -0.2) is 0 Å². The second-order valence-corrected chi connectivity index (χ2v) is 7.00. The predicted octanol–water partition coefficient (Wildman–Crippen LogP) is 2.58. The lowest BCUT2D eigenvalue weighted by molar-refractivity contribution is 0.0954. The average Bonchev–Trinajstić information content (AvgIpc) is 3.18. The molecular formula is C18H17IN6O2. The molecule has 3 rings (SSSR count). The highest BCUT2D eigenvalue weighted by molar-refractivity contribution is 14.1. The van der Waals surface area contributed by atoms with Crippen LogP contribution in [0.3, 0.4) is 0 Å². The quantitative estimate of drug-likeness (QED) is 0.552. The van der Waals surface area contributed by atoms with E-state index < -0.39 is 0 Å². The van der Waals surface area contributed by atoms with Gasteiger partial charge in [0.1, 0.15) is 6.33 Å². The number of anilines is 1. The fourth-order valence-corrected chi connectivity index (χ4v) is 3.00. The van der Waals surface area contributed by atoms with Gasteiger partial charge in [-0.3, -0.25) is 9.59 Å². The smallest absolute Gasteiger partial charge is 0.257 e. The molecule has 1 aromatic heterocycles. The lowest BCUT2D eigenvalue weighted by atomic mass is 10.1. The Morgan fingerprint density at radius 1 is 1.15 bits per heavy atom. The minimum absolute atomic E-state index is 0.184. The summed E-state index contributed by atoms with van der Waals surface area (Å²) >= 11 is 2.14. The van der Waals surface area contributed by atoms with Gasteiger partial charge in [0.25, 0.3) is 11.8 Å². The van der Waals surface area contributed by atoms with E-state index in [1.807, 2.05) is 19.9 Å².